The summed E-state index contributed by atoms with van der Waals surface area (Å²) < 4.78 is 5.25. The number of hydrogen-bond acceptors (Lipinski definition) is 3. The van der Waals surface area contributed by atoms with Crippen LogP contribution in [0.2, 0.25) is 0 Å². The van der Waals surface area contributed by atoms with E-state index in [1.165, 1.54) is 11.1 Å². The lowest BCUT2D eigenvalue weighted by Gasteiger charge is -2.14. The van der Waals surface area contributed by atoms with Crippen LogP contribution in [0.4, 0.5) is 0 Å². The molecule has 2 rings (SSSR count). The standard InChI is InChI=1S/C12H17NO2/c14-6-8-15-7-5-13-9-11-3-1-2-4-12(11)10-13/h1-4,14H,5-10H2. The SMILES string of the molecule is OCCOCCN1Cc2ccccc2C1. The zero-order chi connectivity index (χ0) is 10.5. The van der Waals surface area contributed by atoms with Crippen LogP contribution in [0.3, 0.4) is 0 Å². The monoisotopic (exact) mass is 207 g/mol. The van der Waals surface area contributed by atoms with E-state index < -0.39 is 0 Å². The fourth-order valence-corrected chi connectivity index (χ4v) is 1.92. The molecule has 0 saturated heterocycles. The predicted octanol–water partition coefficient (Wildman–Crippen LogP) is 1.01. The van der Waals surface area contributed by atoms with Crippen molar-refractivity contribution in [3.63, 3.8) is 0 Å². The van der Waals surface area contributed by atoms with Crippen molar-refractivity contribution < 1.29 is 9.84 Å². The number of hydrogen-bond donors (Lipinski definition) is 1. The number of aliphatic hydroxyl groups is 1. The first-order chi connectivity index (χ1) is 7.40. The first kappa shape index (κ1) is 10.6. The van der Waals surface area contributed by atoms with Crippen molar-refractivity contribution in [2.24, 2.45) is 0 Å². The maximum atomic E-state index is 8.56. The van der Waals surface area contributed by atoms with E-state index in [0.717, 1.165) is 19.6 Å². The first-order valence-electron chi connectivity index (χ1n) is 5.38. The first-order valence-corrected chi connectivity index (χ1v) is 5.38. The Hall–Kier alpha value is -0.900. The van der Waals surface area contributed by atoms with Crippen LogP contribution in [0.1, 0.15) is 11.1 Å². The van der Waals surface area contributed by atoms with E-state index in [2.05, 4.69) is 29.2 Å². The van der Waals surface area contributed by atoms with E-state index in [1.807, 2.05) is 0 Å². The Balaban J connectivity index is 1.76. The Kier molecular flexibility index (Phi) is 3.72. The van der Waals surface area contributed by atoms with Crippen molar-refractivity contribution in [3.05, 3.63) is 35.4 Å². The number of aliphatic hydroxyl groups excluding tert-OH is 1. The fourth-order valence-electron chi connectivity index (χ4n) is 1.92. The summed E-state index contributed by atoms with van der Waals surface area (Å²) >= 11 is 0. The summed E-state index contributed by atoms with van der Waals surface area (Å²) in [6.45, 7) is 4.25. The highest BCUT2D eigenvalue weighted by atomic mass is 16.5. The Morgan fingerprint density at radius 3 is 2.40 bits per heavy atom. The Labute approximate surface area is 90.3 Å². The molecule has 0 spiro atoms. The Morgan fingerprint density at radius 1 is 1.13 bits per heavy atom. The number of rotatable bonds is 5. The third-order valence-electron chi connectivity index (χ3n) is 2.69. The van der Waals surface area contributed by atoms with Crippen molar-refractivity contribution in [2.45, 2.75) is 13.1 Å². The Morgan fingerprint density at radius 2 is 1.80 bits per heavy atom. The van der Waals surface area contributed by atoms with Gasteiger partial charge in [-0.1, -0.05) is 24.3 Å². The van der Waals surface area contributed by atoms with E-state index in [-0.39, 0.29) is 6.61 Å². The molecule has 0 atom stereocenters. The number of ether oxygens (including phenoxy) is 1. The molecule has 1 aromatic carbocycles. The normalized spacial score (nSPS) is 15.5. The number of benzene rings is 1. The molecular formula is C12H17NO2. The van der Waals surface area contributed by atoms with Crippen LogP contribution in [-0.4, -0.2) is 36.4 Å². The molecule has 1 aromatic rings. The van der Waals surface area contributed by atoms with Crippen LogP contribution >= 0.6 is 0 Å². The van der Waals surface area contributed by atoms with Gasteiger partial charge in [-0.3, -0.25) is 4.90 Å². The molecule has 15 heavy (non-hydrogen) atoms. The summed E-state index contributed by atoms with van der Waals surface area (Å²) in [6, 6.07) is 8.54. The molecular weight excluding hydrogens is 190 g/mol. The average Bonchev–Trinajstić information content (AvgIpc) is 2.67. The smallest absolute Gasteiger partial charge is 0.0698 e. The minimum absolute atomic E-state index is 0.111. The molecule has 0 unspecified atom stereocenters. The van der Waals surface area contributed by atoms with Gasteiger partial charge in [0.05, 0.1) is 19.8 Å². The highest BCUT2D eigenvalue weighted by Crippen LogP contribution is 2.21. The van der Waals surface area contributed by atoms with Gasteiger partial charge in [-0.25, -0.2) is 0 Å². The molecule has 1 N–H and O–H groups in total. The van der Waals surface area contributed by atoms with E-state index in [1.54, 1.807) is 0 Å². The molecule has 0 fully saturated rings. The summed E-state index contributed by atoms with van der Waals surface area (Å²) in [6.07, 6.45) is 0. The second-order valence-electron chi connectivity index (χ2n) is 3.82. The molecule has 0 aromatic heterocycles. The second kappa shape index (κ2) is 5.26. The lowest BCUT2D eigenvalue weighted by Crippen LogP contribution is -2.22. The minimum atomic E-state index is 0.111. The van der Waals surface area contributed by atoms with Gasteiger partial charge in [0.15, 0.2) is 0 Å². The molecule has 1 aliphatic rings. The van der Waals surface area contributed by atoms with Gasteiger partial charge in [0.1, 0.15) is 0 Å². The summed E-state index contributed by atoms with van der Waals surface area (Å²) in [4.78, 5) is 2.36. The van der Waals surface area contributed by atoms with Crippen molar-refractivity contribution in [2.75, 3.05) is 26.4 Å². The van der Waals surface area contributed by atoms with Gasteiger partial charge < -0.3 is 9.84 Å². The predicted molar refractivity (Wildman–Crippen MR) is 58.5 cm³/mol. The largest absolute Gasteiger partial charge is 0.394 e. The highest BCUT2D eigenvalue weighted by molar-refractivity contribution is 5.30. The maximum absolute atomic E-state index is 8.56. The van der Waals surface area contributed by atoms with Crippen molar-refractivity contribution >= 4 is 0 Å². The average molecular weight is 207 g/mol. The minimum Gasteiger partial charge on any atom is -0.394 e. The zero-order valence-electron chi connectivity index (χ0n) is 8.85. The lowest BCUT2D eigenvalue weighted by atomic mass is 10.1. The molecule has 0 saturated carbocycles. The van der Waals surface area contributed by atoms with Crippen LogP contribution in [0.5, 0.6) is 0 Å². The highest BCUT2D eigenvalue weighted by Gasteiger charge is 2.17. The quantitative estimate of drug-likeness (QED) is 0.731. The second-order valence-corrected chi connectivity index (χ2v) is 3.82. The van der Waals surface area contributed by atoms with Crippen LogP contribution in [0.15, 0.2) is 24.3 Å². The van der Waals surface area contributed by atoms with Crippen LogP contribution in [0, 0.1) is 0 Å². The van der Waals surface area contributed by atoms with Gasteiger partial charge in [0.2, 0.25) is 0 Å². The molecule has 1 heterocycles. The van der Waals surface area contributed by atoms with Crippen LogP contribution < -0.4 is 0 Å². The third-order valence-corrected chi connectivity index (χ3v) is 2.69. The summed E-state index contributed by atoms with van der Waals surface area (Å²) in [5.41, 5.74) is 2.86. The van der Waals surface area contributed by atoms with Gasteiger partial charge in [-0.05, 0) is 11.1 Å². The molecule has 0 bridgehead atoms. The van der Waals surface area contributed by atoms with Crippen LogP contribution in [0.25, 0.3) is 0 Å². The topological polar surface area (TPSA) is 32.7 Å². The summed E-state index contributed by atoms with van der Waals surface area (Å²) in [7, 11) is 0. The van der Waals surface area contributed by atoms with Gasteiger partial charge in [0, 0.05) is 19.6 Å². The van der Waals surface area contributed by atoms with Crippen molar-refractivity contribution in [1.82, 2.24) is 4.90 Å². The van der Waals surface area contributed by atoms with Crippen molar-refractivity contribution in [1.29, 1.82) is 0 Å². The van der Waals surface area contributed by atoms with E-state index >= 15 is 0 Å². The molecule has 1 aliphatic heterocycles. The molecule has 0 aliphatic carbocycles. The number of fused-ring (bicyclic) bond motifs is 1. The van der Waals surface area contributed by atoms with Gasteiger partial charge in [0.25, 0.3) is 0 Å². The Bertz CT molecular complexity index is 289. The third kappa shape index (κ3) is 2.78. The van der Waals surface area contributed by atoms with Gasteiger partial charge >= 0.3 is 0 Å². The molecule has 0 amide bonds. The maximum Gasteiger partial charge on any atom is 0.0698 e. The zero-order valence-corrected chi connectivity index (χ0v) is 8.85. The summed E-state index contributed by atoms with van der Waals surface area (Å²) in [5.74, 6) is 0. The molecule has 82 valence electrons. The van der Waals surface area contributed by atoms with Crippen LogP contribution in [-0.2, 0) is 17.8 Å². The number of nitrogens with zero attached hydrogens (tertiary/aromatic N) is 1. The van der Waals surface area contributed by atoms with Gasteiger partial charge in [-0.15, -0.1) is 0 Å². The van der Waals surface area contributed by atoms with E-state index in [0.29, 0.717) is 13.2 Å². The van der Waals surface area contributed by atoms with E-state index in [9.17, 15) is 0 Å². The molecule has 0 radical (unpaired) electrons. The molecule has 3 heteroatoms. The lowest BCUT2D eigenvalue weighted by molar-refractivity contribution is 0.0731. The molecule has 3 nitrogen and oxygen atoms in total. The van der Waals surface area contributed by atoms with Crippen molar-refractivity contribution in [3.8, 4) is 0 Å². The van der Waals surface area contributed by atoms with Gasteiger partial charge in [-0.2, -0.15) is 0 Å². The summed E-state index contributed by atoms with van der Waals surface area (Å²) in [5, 5.41) is 8.56. The fraction of sp³-hybridized carbons (Fsp3) is 0.500. The van der Waals surface area contributed by atoms with E-state index in [4.69, 9.17) is 9.84 Å².